The zero-order valence-electron chi connectivity index (χ0n) is 17.1. The third kappa shape index (κ3) is 4.83. The van der Waals surface area contributed by atoms with Crippen LogP contribution in [0.25, 0.3) is 0 Å². The molecule has 2 heterocycles. The second-order valence-corrected chi connectivity index (χ2v) is 10.9. The van der Waals surface area contributed by atoms with E-state index in [0.717, 1.165) is 23.8 Å². The largest absolute Gasteiger partial charge is 0.320 e. The highest BCUT2D eigenvalue weighted by atomic mass is 35.5. The summed E-state index contributed by atoms with van der Waals surface area (Å²) in [6.07, 6.45) is 1.35. The Balaban J connectivity index is 1.49. The number of hydrogen-bond donors (Lipinski definition) is 1. The molecule has 4 rings (SSSR count). The van der Waals surface area contributed by atoms with Crippen LogP contribution < -0.4 is 5.32 Å². The van der Waals surface area contributed by atoms with Crippen molar-refractivity contribution < 1.29 is 17.6 Å². The molecule has 0 bridgehead atoms. The molecule has 0 unspecified atom stereocenters. The van der Waals surface area contributed by atoms with Crippen LogP contribution in [0.4, 0.5) is 10.1 Å². The van der Waals surface area contributed by atoms with Crippen molar-refractivity contribution >= 4 is 44.6 Å². The topological polar surface area (TPSA) is 92.3 Å². The monoisotopic (exact) mass is 494 g/mol. The number of rotatable bonds is 5. The van der Waals surface area contributed by atoms with Crippen LogP contribution in [0.1, 0.15) is 39.1 Å². The minimum atomic E-state index is -3.85. The Morgan fingerprint density at radius 3 is 2.72 bits per heavy atom. The van der Waals surface area contributed by atoms with E-state index in [2.05, 4.69) is 15.5 Å². The lowest BCUT2D eigenvalue weighted by Gasteiger charge is -2.31. The van der Waals surface area contributed by atoms with Gasteiger partial charge in [0, 0.05) is 29.7 Å². The summed E-state index contributed by atoms with van der Waals surface area (Å²) in [5.74, 6) is -1.18. The van der Waals surface area contributed by atoms with Gasteiger partial charge in [-0.25, -0.2) is 12.8 Å². The molecule has 32 heavy (non-hydrogen) atoms. The van der Waals surface area contributed by atoms with E-state index in [1.54, 1.807) is 31.2 Å². The fourth-order valence-corrected chi connectivity index (χ4v) is 6.31. The fourth-order valence-electron chi connectivity index (χ4n) is 3.56. The van der Waals surface area contributed by atoms with E-state index in [9.17, 15) is 17.6 Å². The molecule has 1 atom stereocenters. The summed E-state index contributed by atoms with van der Waals surface area (Å²) in [6, 6.07) is 10.4. The first-order valence-corrected chi connectivity index (χ1v) is 12.5. The number of benzene rings is 2. The number of halogens is 2. The van der Waals surface area contributed by atoms with Crippen molar-refractivity contribution in [1.29, 1.82) is 0 Å². The highest BCUT2D eigenvalue weighted by Crippen LogP contribution is 2.33. The van der Waals surface area contributed by atoms with Gasteiger partial charge in [-0.2, -0.15) is 4.31 Å². The van der Waals surface area contributed by atoms with Crippen LogP contribution in [0.15, 0.2) is 47.4 Å². The van der Waals surface area contributed by atoms with Crippen LogP contribution in [0, 0.1) is 12.7 Å². The molecule has 1 aliphatic heterocycles. The molecule has 0 spiro atoms. The van der Waals surface area contributed by atoms with Gasteiger partial charge < -0.3 is 5.32 Å². The summed E-state index contributed by atoms with van der Waals surface area (Å²) in [5.41, 5.74) is 1.07. The van der Waals surface area contributed by atoms with Crippen LogP contribution in [-0.2, 0) is 10.0 Å². The highest BCUT2D eigenvalue weighted by molar-refractivity contribution is 7.89. The predicted molar refractivity (Wildman–Crippen MR) is 121 cm³/mol. The third-order valence-electron chi connectivity index (χ3n) is 5.24. The van der Waals surface area contributed by atoms with E-state index >= 15 is 0 Å². The molecular formula is C21H20ClFN4O3S2. The first kappa shape index (κ1) is 22.8. The average Bonchev–Trinajstić information content (AvgIpc) is 3.28. The van der Waals surface area contributed by atoms with Gasteiger partial charge in [-0.05, 0) is 61.7 Å². The number of sulfonamides is 1. The molecule has 1 aromatic heterocycles. The number of hydrogen-bond acceptors (Lipinski definition) is 6. The van der Waals surface area contributed by atoms with Gasteiger partial charge in [0.1, 0.15) is 10.8 Å². The van der Waals surface area contributed by atoms with E-state index in [0.29, 0.717) is 34.2 Å². The van der Waals surface area contributed by atoms with E-state index < -0.39 is 21.7 Å². The summed E-state index contributed by atoms with van der Waals surface area (Å²) in [5, 5.41) is 12.2. The first-order chi connectivity index (χ1) is 15.2. The molecule has 1 amide bonds. The summed E-state index contributed by atoms with van der Waals surface area (Å²) < 4.78 is 41.3. The Kier molecular flexibility index (Phi) is 6.57. The molecule has 0 saturated carbocycles. The van der Waals surface area contributed by atoms with Crippen molar-refractivity contribution in [2.45, 2.75) is 30.6 Å². The molecule has 1 aliphatic rings. The first-order valence-electron chi connectivity index (χ1n) is 9.90. The number of aryl methyl sites for hydroxylation is 1. The van der Waals surface area contributed by atoms with Crippen LogP contribution in [-0.4, -0.2) is 41.9 Å². The van der Waals surface area contributed by atoms with E-state index in [4.69, 9.17) is 11.6 Å². The number of nitrogens with zero attached hydrogens (tertiary/aromatic N) is 3. The number of aromatic nitrogens is 2. The van der Waals surface area contributed by atoms with Crippen LogP contribution in [0.2, 0.25) is 5.02 Å². The van der Waals surface area contributed by atoms with Crippen LogP contribution in [0.3, 0.4) is 0 Å². The molecule has 1 N–H and O–H groups in total. The smallest absolute Gasteiger partial charge is 0.286 e. The standard InChI is InChI=1S/C21H20ClFN4O3S2/c1-13-4-7-16(23)11-18(13)32(29,30)27-10-2-3-14(12-27)20-25-26-21(31-20)19(28)24-17-8-5-15(22)6-9-17/h4-9,11,14H,2-3,10,12H2,1H3,(H,24,28)/t14-/m0/s1. The molecule has 2 aromatic carbocycles. The van der Waals surface area contributed by atoms with Crippen molar-refractivity contribution in [3.63, 3.8) is 0 Å². The summed E-state index contributed by atoms with van der Waals surface area (Å²) >= 11 is 7.00. The van der Waals surface area contributed by atoms with E-state index in [1.165, 1.54) is 16.4 Å². The van der Waals surface area contributed by atoms with Crippen molar-refractivity contribution in [1.82, 2.24) is 14.5 Å². The maximum Gasteiger partial charge on any atom is 0.286 e. The van der Waals surface area contributed by atoms with Gasteiger partial charge in [-0.15, -0.1) is 10.2 Å². The van der Waals surface area contributed by atoms with Gasteiger partial charge in [-0.3, -0.25) is 4.79 Å². The minimum Gasteiger partial charge on any atom is -0.320 e. The summed E-state index contributed by atoms with van der Waals surface area (Å²) in [6.45, 7) is 2.19. The van der Waals surface area contributed by atoms with Crippen molar-refractivity contribution in [3.8, 4) is 0 Å². The second-order valence-electron chi connectivity index (χ2n) is 7.52. The number of carbonyl (C=O) groups excluding carboxylic acids is 1. The van der Waals surface area contributed by atoms with Crippen LogP contribution >= 0.6 is 22.9 Å². The lowest BCUT2D eigenvalue weighted by Crippen LogP contribution is -2.39. The number of nitrogens with one attached hydrogen (secondary N) is 1. The van der Waals surface area contributed by atoms with Gasteiger partial charge in [0.05, 0.1) is 4.90 Å². The third-order valence-corrected chi connectivity index (χ3v) is 8.58. The Morgan fingerprint density at radius 1 is 1.22 bits per heavy atom. The predicted octanol–water partition coefficient (Wildman–Crippen LogP) is 4.46. The normalized spacial score (nSPS) is 17.3. The Morgan fingerprint density at radius 2 is 1.97 bits per heavy atom. The molecule has 0 aliphatic carbocycles. The zero-order valence-corrected chi connectivity index (χ0v) is 19.5. The van der Waals surface area contributed by atoms with Gasteiger partial charge in [-0.1, -0.05) is 29.0 Å². The van der Waals surface area contributed by atoms with Crippen LogP contribution in [0.5, 0.6) is 0 Å². The maximum atomic E-state index is 13.7. The second kappa shape index (κ2) is 9.22. The molecule has 11 heteroatoms. The lowest BCUT2D eigenvalue weighted by molar-refractivity contribution is 0.102. The zero-order chi connectivity index (χ0) is 22.9. The average molecular weight is 495 g/mol. The maximum absolute atomic E-state index is 13.7. The summed E-state index contributed by atoms with van der Waals surface area (Å²) in [4.78, 5) is 12.5. The number of anilines is 1. The highest BCUT2D eigenvalue weighted by Gasteiger charge is 2.33. The Labute approximate surface area is 194 Å². The van der Waals surface area contributed by atoms with E-state index in [-0.39, 0.29) is 22.4 Å². The molecule has 1 saturated heterocycles. The number of amides is 1. The van der Waals surface area contributed by atoms with Gasteiger partial charge in [0.15, 0.2) is 0 Å². The molecule has 0 radical (unpaired) electrons. The SMILES string of the molecule is Cc1ccc(F)cc1S(=O)(=O)N1CCC[C@H](c2nnc(C(=O)Nc3ccc(Cl)cc3)s2)C1. The molecule has 3 aromatic rings. The number of carbonyl (C=O) groups is 1. The van der Waals surface area contributed by atoms with Gasteiger partial charge in [0.25, 0.3) is 5.91 Å². The quantitative estimate of drug-likeness (QED) is 0.565. The minimum absolute atomic E-state index is 0.0292. The van der Waals surface area contributed by atoms with Crippen molar-refractivity contribution in [2.75, 3.05) is 18.4 Å². The van der Waals surface area contributed by atoms with E-state index in [1.807, 2.05) is 0 Å². The molecular weight excluding hydrogens is 475 g/mol. The fraction of sp³-hybridized carbons (Fsp3) is 0.286. The Bertz CT molecular complexity index is 1250. The van der Waals surface area contributed by atoms with Gasteiger partial charge in [0.2, 0.25) is 15.0 Å². The van der Waals surface area contributed by atoms with Gasteiger partial charge >= 0.3 is 0 Å². The lowest BCUT2D eigenvalue weighted by atomic mass is 10.0. The van der Waals surface area contributed by atoms with Crippen molar-refractivity contribution in [3.05, 3.63) is 68.9 Å². The molecule has 168 valence electrons. The van der Waals surface area contributed by atoms with Crippen molar-refractivity contribution in [2.24, 2.45) is 0 Å². The summed E-state index contributed by atoms with van der Waals surface area (Å²) in [7, 11) is -3.85. The number of piperidine rings is 1. The molecule has 1 fully saturated rings. The Hall–Kier alpha value is -2.40. The molecule has 7 nitrogen and oxygen atoms in total.